The Kier molecular flexibility index (Phi) is 2.79. The number of benzene rings is 1. The second-order valence-corrected chi connectivity index (χ2v) is 4.58. The molecule has 2 aromatic rings. The van der Waals surface area contributed by atoms with E-state index in [1.54, 1.807) is 6.20 Å². The minimum Gasteiger partial charge on any atom is -0.394 e. The van der Waals surface area contributed by atoms with Crippen molar-refractivity contribution < 1.29 is 5.11 Å². The van der Waals surface area contributed by atoms with Gasteiger partial charge in [-0.3, -0.25) is 4.98 Å². The molecule has 0 spiro atoms. The number of para-hydroxylation sites is 1. The molecule has 0 aliphatic rings. The van der Waals surface area contributed by atoms with E-state index in [4.69, 9.17) is 0 Å². The molecule has 0 radical (unpaired) electrons. The normalized spacial score (nSPS) is 11.7. The summed E-state index contributed by atoms with van der Waals surface area (Å²) >= 11 is 0. The first kappa shape index (κ1) is 10.9. The van der Waals surface area contributed by atoms with Crippen molar-refractivity contribution in [3.05, 3.63) is 36.5 Å². The molecule has 0 saturated carbocycles. The summed E-state index contributed by atoms with van der Waals surface area (Å²) in [5, 5.41) is 13.5. The third kappa shape index (κ3) is 2.31. The lowest BCUT2D eigenvalue weighted by molar-refractivity contribution is 0.234. The minimum absolute atomic E-state index is 0.0832. The van der Waals surface area contributed by atoms with Crippen molar-refractivity contribution >= 4 is 16.6 Å². The van der Waals surface area contributed by atoms with Crippen molar-refractivity contribution in [1.29, 1.82) is 0 Å². The monoisotopic (exact) mass is 216 g/mol. The van der Waals surface area contributed by atoms with Gasteiger partial charge in [0.2, 0.25) is 0 Å². The van der Waals surface area contributed by atoms with Crippen LogP contribution in [0.4, 0.5) is 5.69 Å². The molecule has 2 rings (SSSR count). The zero-order valence-corrected chi connectivity index (χ0v) is 9.57. The second-order valence-electron chi connectivity index (χ2n) is 4.58. The lowest BCUT2D eigenvalue weighted by Crippen LogP contribution is -2.34. The van der Waals surface area contributed by atoms with Gasteiger partial charge in [-0.15, -0.1) is 0 Å². The molecule has 3 nitrogen and oxygen atoms in total. The molecule has 1 aromatic carbocycles. The van der Waals surface area contributed by atoms with E-state index < -0.39 is 0 Å². The number of hydrogen-bond donors (Lipinski definition) is 2. The smallest absolute Gasteiger partial charge is 0.0703 e. The minimum atomic E-state index is -0.329. The van der Waals surface area contributed by atoms with Crippen LogP contribution in [0, 0.1) is 0 Å². The first-order valence-corrected chi connectivity index (χ1v) is 5.34. The summed E-state index contributed by atoms with van der Waals surface area (Å²) in [6.07, 6.45) is 1.79. The van der Waals surface area contributed by atoms with Gasteiger partial charge < -0.3 is 10.4 Å². The number of nitrogens with one attached hydrogen (secondary N) is 1. The van der Waals surface area contributed by atoms with Gasteiger partial charge in [0.15, 0.2) is 0 Å². The fourth-order valence-electron chi connectivity index (χ4n) is 1.57. The number of rotatable bonds is 3. The van der Waals surface area contributed by atoms with Gasteiger partial charge in [-0.2, -0.15) is 0 Å². The van der Waals surface area contributed by atoms with Gasteiger partial charge in [-0.05, 0) is 26.0 Å². The summed E-state index contributed by atoms with van der Waals surface area (Å²) in [4.78, 5) is 4.36. The van der Waals surface area contributed by atoms with Crippen molar-refractivity contribution in [2.24, 2.45) is 0 Å². The standard InChI is InChI=1S/C13H16N2O/c1-13(2,9-16)15-11-7-10-5-3-4-6-12(10)14-8-11/h3-8,15-16H,9H2,1-2H3. The number of anilines is 1. The van der Waals surface area contributed by atoms with Crippen LogP contribution >= 0.6 is 0 Å². The molecule has 3 heteroatoms. The van der Waals surface area contributed by atoms with Gasteiger partial charge in [0.05, 0.1) is 29.5 Å². The van der Waals surface area contributed by atoms with Gasteiger partial charge in [0.25, 0.3) is 0 Å². The van der Waals surface area contributed by atoms with Crippen LogP contribution in [0.2, 0.25) is 0 Å². The maximum absolute atomic E-state index is 9.19. The average Bonchev–Trinajstić information content (AvgIpc) is 2.28. The van der Waals surface area contributed by atoms with Crippen LogP contribution in [0.3, 0.4) is 0 Å². The fraction of sp³-hybridized carbons (Fsp3) is 0.308. The third-order valence-electron chi connectivity index (χ3n) is 2.47. The highest BCUT2D eigenvalue weighted by atomic mass is 16.3. The Morgan fingerprint density at radius 3 is 2.81 bits per heavy atom. The summed E-state index contributed by atoms with van der Waals surface area (Å²) < 4.78 is 0. The zero-order valence-electron chi connectivity index (χ0n) is 9.57. The zero-order chi connectivity index (χ0) is 11.6. The summed E-state index contributed by atoms with van der Waals surface area (Å²) in [5.41, 5.74) is 1.58. The van der Waals surface area contributed by atoms with E-state index in [9.17, 15) is 5.11 Å². The van der Waals surface area contributed by atoms with Crippen molar-refractivity contribution in [3.63, 3.8) is 0 Å². The molecule has 16 heavy (non-hydrogen) atoms. The van der Waals surface area contributed by atoms with E-state index in [1.807, 2.05) is 44.2 Å². The van der Waals surface area contributed by atoms with Crippen LogP contribution in [0.1, 0.15) is 13.8 Å². The first-order valence-electron chi connectivity index (χ1n) is 5.34. The number of fused-ring (bicyclic) bond motifs is 1. The Balaban J connectivity index is 2.33. The molecule has 0 unspecified atom stereocenters. The van der Waals surface area contributed by atoms with Gasteiger partial charge >= 0.3 is 0 Å². The highest BCUT2D eigenvalue weighted by Gasteiger charge is 2.15. The maximum atomic E-state index is 9.19. The highest BCUT2D eigenvalue weighted by Crippen LogP contribution is 2.19. The molecule has 84 valence electrons. The quantitative estimate of drug-likeness (QED) is 0.828. The van der Waals surface area contributed by atoms with Crippen LogP contribution in [0.15, 0.2) is 36.5 Å². The van der Waals surface area contributed by atoms with Crippen LogP contribution in [-0.4, -0.2) is 22.2 Å². The van der Waals surface area contributed by atoms with Crippen LogP contribution in [0.5, 0.6) is 0 Å². The Morgan fingerprint density at radius 1 is 1.31 bits per heavy atom. The Hall–Kier alpha value is -1.61. The Labute approximate surface area is 95.1 Å². The number of pyridine rings is 1. The number of aliphatic hydroxyl groups excluding tert-OH is 1. The molecule has 0 fully saturated rings. The predicted octanol–water partition coefficient (Wildman–Crippen LogP) is 2.42. The number of nitrogens with zero attached hydrogens (tertiary/aromatic N) is 1. The largest absolute Gasteiger partial charge is 0.394 e. The molecule has 0 atom stereocenters. The van der Waals surface area contributed by atoms with Crippen LogP contribution < -0.4 is 5.32 Å². The molecule has 0 bridgehead atoms. The Morgan fingerprint density at radius 2 is 2.06 bits per heavy atom. The van der Waals surface area contributed by atoms with E-state index in [-0.39, 0.29) is 12.1 Å². The predicted molar refractivity (Wildman–Crippen MR) is 66.5 cm³/mol. The molecule has 0 amide bonds. The molecular weight excluding hydrogens is 200 g/mol. The maximum Gasteiger partial charge on any atom is 0.0703 e. The van der Waals surface area contributed by atoms with Crippen molar-refractivity contribution in [3.8, 4) is 0 Å². The molecule has 0 aliphatic carbocycles. The topological polar surface area (TPSA) is 45.1 Å². The van der Waals surface area contributed by atoms with Crippen molar-refractivity contribution in [2.75, 3.05) is 11.9 Å². The Bertz CT molecular complexity index is 494. The highest BCUT2D eigenvalue weighted by molar-refractivity contribution is 5.81. The summed E-state index contributed by atoms with van der Waals surface area (Å²) in [7, 11) is 0. The van der Waals surface area contributed by atoms with E-state index in [2.05, 4.69) is 10.3 Å². The number of hydrogen-bond acceptors (Lipinski definition) is 3. The lowest BCUT2D eigenvalue weighted by Gasteiger charge is -2.24. The van der Waals surface area contributed by atoms with E-state index >= 15 is 0 Å². The molecule has 1 heterocycles. The SMILES string of the molecule is CC(C)(CO)Nc1cnc2ccccc2c1. The third-order valence-corrected chi connectivity index (χ3v) is 2.47. The van der Waals surface area contributed by atoms with E-state index in [1.165, 1.54) is 0 Å². The lowest BCUT2D eigenvalue weighted by atomic mass is 10.1. The first-order chi connectivity index (χ1) is 7.61. The van der Waals surface area contributed by atoms with Crippen molar-refractivity contribution in [2.45, 2.75) is 19.4 Å². The molecule has 0 saturated heterocycles. The summed E-state index contributed by atoms with van der Waals surface area (Å²) in [6.45, 7) is 3.98. The van der Waals surface area contributed by atoms with Crippen molar-refractivity contribution in [1.82, 2.24) is 4.98 Å². The summed E-state index contributed by atoms with van der Waals surface area (Å²) in [5.74, 6) is 0. The summed E-state index contributed by atoms with van der Waals surface area (Å²) in [6, 6.07) is 10.0. The average molecular weight is 216 g/mol. The van der Waals surface area contributed by atoms with Gasteiger partial charge in [0, 0.05) is 5.39 Å². The van der Waals surface area contributed by atoms with Gasteiger partial charge in [0.1, 0.15) is 0 Å². The molecule has 0 aliphatic heterocycles. The second kappa shape index (κ2) is 4.10. The van der Waals surface area contributed by atoms with E-state index in [0.717, 1.165) is 16.6 Å². The van der Waals surface area contributed by atoms with Crippen LogP contribution in [0.25, 0.3) is 10.9 Å². The van der Waals surface area contributed by atoms with Crippen LogP contribution in [-0.2, 0) is 0 Å². The fourth-order valence-corrected chi connectivity index (χ4v) is 1.57. The van der Waals surface area contributed by atoms with Gasteiger partial charge in [-0.1, -0.05) is 18.2 Å². The molecular formula is C13H16N2O. The van der Waals surface area contributed by atoms with Gasteiger partial charge in [-0.25, -0.2) is 0 Å². The number of aliphatic hydroxyl groups is 1. The molecule has 2 N–H and O–H groups in total. The van der Waals surface area contributed by atoms with E-state index in [0.29, 0.717) is 0 Å². The number of aromatic nitrogens is 1. The molecule has 1 aromatic heterocycles.